The Bertz CT molecular complexity index is 851. The first-order valence-electron chi connectivity index (χ1n) is 6.58. The van der Waals surface area contributed by atoms with E-state index in [0.29, 0.717) is 21.8 Å². The maximum Gasteiger partial charge on any atom is 0.213 e. The van der Waals surface area contributed by atoms with Gasteiger partial charge in [-0.3, -0.25) is 0 Å². The molecular weight excluding hydrogens is 339 g/mol. The van der Waals surface area contributed by atoms with Crippen LogP contribution in [-0.4, -0.2) is 34.2 Å². The SMILES string of the molecule is COc1cc(-c2cc(Cl)ccc2-n2cc(Cl)nn2)c(OC)cn1. The molecule has 0 aliphatic carbocycles. The Kier molecular flexibility index (Phi) is 4.36. The zero-order valence-electron chi connectivity index (χ0n) is 12.3. The van der Waals surface area contributed by atoms with Crippen LogP contribution in [0.3, 0.4) is 0 Å². The molecule has 0 atom stereocenters. The second kappa shape index (κ2) is 6.44. The Balaban J connectivity index is 2.25. The van der Waals surface area contributed by atoms with Gasteiger partial charge in [0, 0.05) is 22.2 Å². The molecule has 6 nitrogen and oxygen atoms in total. The van der Waals surface area contributed by atoms with E-state index in [9.17, 15) is 0 Å². The third kappa shape index (κ3) is 3.09. The molecule has 0 bridgehead atoms. The van der Waals surface area contributed by atoms with Gasteiger partial charge < -0.3 is 9.47 Å². The van der Waals surface area contributed by atoms with Crippen molar-refractivity contribution >= 4 is 23.2 Å². The molecule has 23 heavy (non-hydrogen) atoms. The van der Waals surface area contributed by atoms with Crippen molar-refractivity contribution in [3.05, 3.63) is 46.8 Å². The van der Waals surface area contributed by atoms with Gasteiger partial charge in [-0.15, -0.1) is 5.10 Å². The lowest BCUT2D eigenvalue weighted by atomic mass is 10.0. The molecule has 3 aromatic rings. The number of nitrogens with zero attached hydrogens (tertiary/aromatic N) is 4. The summed E-state index contributed by atoms with van der Waals surface area (Å²) in [4.78, 5) is 4.15. The van der Waals surface area contributed by atoms with Crippen molar-refractivity contribution in [2.75, 3.05) is 14.2 Å². The minimum absolute atomic E-state index is 0.296. The van der Waals surface area contributed by atoms with Crippen molar-refractivity contribution in [2.24, 2.45) is 0 Å². The third-order valence-corrected chi connectivity index (χ3v) is 3.64. The fourth-order valence-corrected chi connectivity index (χ4v) is 2.49. The first-order valence-corrected chi connectivity index (χ1v) is 7.34. The van der Waals surface area contributed by atoms with Crippen LogP contribution in [0, 0.1) is 0 Å². The van der Waals surface area contributed by atoms with Crippen molar-refractivity contribution in [2.45, 2.75) is 0 Å². The van der Waals surface area contributed by atoms with Gasteiger partial charge in [0.1, 0.15) is 5.75 Å². The number of hydrogen-bond acceptors (Lipinski definition) is 5. The van der Waals surface area contributed by atoms with Gasteiger partial charge in [0.05, 0.1) is 32.3 Å². The summed E-state index contributed by atoms with van der Waals surface area (Å²) in [5.41, 5.74) is 2.31. The second-order valence-electron chi connectivity index (χ2n) is 4.57. The van der Waals surface area contributed by atoms with Crippen LogP contribution < -0.4 is 9.47 Å². The molecule has 0 aliphatic rings. The number of methoxy groups -OCH3 is 2. The average molecular weight is 351 g/mol. The first-order chi connectivity index (χ1) is 11.1. The Hall–Kier alpha value is -2.31. The summed E-state index contributed by atoms with van der Waals surface area (Å²) < 4.78 is 12.2. The highest BCUT2D eigenvalue weighted by atomic mass is 35.5. The highest BCUT2D eigenvalue weighted by molar-refractivity contribution is 6.31. The molecular formula is C15H12Cl2N4O2. The summed E-state index contributed by atoms with van der Waals surface area (Å²) in [6, 6.07) is 7.17. The van der Waals surface area contributed by atoms with Gasteiger partial charge in [-0.2, -0.15) is 0 Å². The highest BCUT2D eigenvalue weighted by Gasteiger charge is 2.15. The van der Waals surface area contributed by atoms with E-state index in [0.717, 1.165) is 16.8 Å². The van der Waals surface area contributed by atoms with Crippen molar-refractivity contribution in [3.63, 3.8) is 0 Å². The van der Waals surface area contributed by atoms with Gasteiger partial charge in [0.25, 0.3) is 0 Å². The van der Waals surface area contributed by atoms with E-state index in [1.165, 1.54) is 0 Å². The molecule has 0 saturated heterocycles. The van der Waals surface area contributed by atoms with E-state index in [-0.39, 0.29) is 0 Å². The summed E-state index contributed by atoms with van der Waals surface area (Å²) in [5.74, 6) is 1.05. The van der Waals surface area contributed by atoms with Gasteiger partial charge in [-0.05, 0) is 18.2 Å². The lowest BCUT2D eigenvalue weighted by Crippen LogP contribution is -2.00. The van der Waals surface area contributed by atoms with Gasteiger partial charge in [-0.25, -0.2) is 9.67 Å². The van der Waals surface area contributed by atoms with Crippen LogP contribution in [-0.2, 0) is 0 Å². The summed E-state index contributed by atoms with van der Waals surface area (Å²) >= 11 is 12.0. The van der Waals surface area contributed by atoms with E-state index in [1.807, 2.05) is 12.1 Å². The standard InChI is InChI=1S/C15H12Cl2N4O2/c1-22-13-7-18-15(23-2)6-11(13)10-5-9(16)3-4-12(10)21-8-14(17)19-20-21/h3-8H,1-2H3. The van der Waals surface area contributed by atoms with Crippen molar-refractivity contribution in [3.8, 4) is 28.4 Å². The largest absolute Gasteiger partial charge is 0.494 e. The Morgan fingerprint density at radius 3 is 2.52 bits per heavy atom. The zero-order valence-corrected chi connectivity index (χ0v) is 13.8. The number of aromatic nitrogens is 4. The summed E-state index contributed by atoms with van der Waals surface area (Å²) in [6.07, 6.45) is 3.20. The fourth-order valence-electron chi connectivity index (χ4n) is 2.19. The van der Waals surface area contributed by atoms with Gasteiger partial charge in [0.15, 0.2) is 5.15 Å². The lowest BCUT2D eigenvalue weighted by Gasteiger charge is -2.14. The van der Waals surface area contributed by atoms with E-state index >= 15 is 0 Å². The second-order valence-corrected chi connectivity index (χ2v) is 5.40. The fraction of sp³-hybridized carbons (Fsp3) is 0.133. The van der Waals surface area contributed by atoms with Crippen LogP contribution in [0.2, 0.25) is 10.2 Å². The average Bonchev–Trinajstić information content (AvgIpc) is 3.00. The number of pyridine rings is 1. The van der Waals surface area contributed by atoms with Gasteiger partial charge in [0.2, 0.25) is 5.88 Å². The van der Waals surface area contributed by atoms with E-state index < -0.39 is 0 Å². The monoisotopic (exact) mass is 350 g/mol. The number of benzene rings is 1. The minimum Gasteiger partial charge on any atom is -0.494 e. The molecule has 0 saturated carbocycles. The van der Waals surface area contributed by atoms with Crippen molar-refractivity contribution in [1.82, 2.24) is 20.0 Å². The molecule has 0 unspecified atom stereocenters. The summed E-state index contributed by atoms with van der Waals surface area (Å²) in [6.45, 7) is 0. The Morgan fingerprint density at radius 2 is 1.87 bits per heavy atom. The van der Waals surface area contributed by atoms with Gasteiger partial charge in [-0.1, -0.05) is 28.4 Å². The number of halogens is 2. The molecule has 0 amide bonds. The molecule has 2 heterocycles. The zero-order chi connectivity index (χ0) is 16.4. The molecule has 0 N–H and O–H groups in total. The van der Waals surface area contributed by atoms with Crippen LogP contribution in [0.5, 0.6) is 11.6 Å². The summed E-state index contributed by atoms with van der Waals surface area (Å²) in [5, 5.41) is 8.68. The number of rotatable bonds is 4. The predicted octanol–water partition coefficient (Wildman–Crippen LogP) is 3.65. The maximum absolute atomic E-state index is 6.17. The van der Waals surface area contributed by atoms with Crippen molar-refractivity contribution < 1.29 is 9.47 Å². The molecule has 8 heteroatoms. The van der Waals surface area contributed by atoms with E-state index in [4.69, 9.17) is 32.7 Å². The van der Waals surface area contributed by atoms with Crippen LogP contribution in [0.4, 0.5) is 0 Å². The molecule has 0 aliphatic heterocycles. The highest BCUT2D eigenvalue weighted by Crippen LogP contribution is 2.37. The molecule has 0 fully saturated rings. The Morgan fingerprint density at radius 1 is 1.04 bits per heavy atom. The molecule has 118 valence electrons. The quantitative estimate of drug-likeness (QED) is 0.718. The molecule has 1 aromatic carbocycles. The molecule has 3 rings (SSSR count). The smallest absolute Gasteiger partial charge is 0.213 e. The van der Waals surface area contributed by atoms with E-state index in [2.05, 4.69) is 15.3 Å². The normalized spacial score (nSPS) is 10.6. The van der Waals surface area contributed by atoms with Crippen molar-refractivity contribution in [1.29, 1.82) is 0 Å². The van der Waals surface area contributed by atoms with Crippen LogP contribution in [0.15, 0.2) is 36.7 Å². The lowest BCUT2D eigenvalue weighted by molar-refractivity contribution is 0.388. The molecule has 0 spiro atoms. The van der Waals surface area contributed by atoms with Crippen LogP contribution in [0.1, 0.15) is 0 Å². The third-order valence-electron chi connectivity index (χ3n) is 3.23. The molecule has 2 aromatic heterocycles. The van der Waals surface area contributed by atoms with Crippen LogP contribution in [0.25, 0.3) is 16.8 Å². The number of hydrogen-bond donors (Lipinski definition) is 0. The summed E-state index contributed by atoms with van der Waals surface area (Å²) in [7, 11) is 3.12. The number of ether oxygens (including phenoxy) is 2. The molecule has 0 radical (unpaired) electrons. The Labute approximate surface area is 142 Å². The van der Waals surface area contributed by atoms with Crippen LogP contribution >= 0.6 is 23.2 Å². The first kappa shape index (κ1) is 15.6. The topological polar surface area (TPSA) is 62.1 Å². The van der Waals surface area contributed by atoms with E-state index in [1.54, 1.807) is 43.4 Å². The predicted molar refractivity (Wildman–Crippen MR) is 87.7 cm³/mol. The van der Waals surface area contributed by atoms with Gasteiger partial charge >= 0.3 is 0 Å². The maximum atomic E-state index is 6.17. The minimum atomic E-state index is 0.296.